The van der Waals surface area contributed by atoms with Gasteiger partial charge in [0, 0.05) is 18.2 Å². The highest BCUT2D eigenvalue weighted by molar-refractivity contribution is 5.01. The Kier molecular flexibility index (Phi) is 3.95. The molecule has 1 fully saturated rings. The quantitative estimate of drug-likeness (QED) is 0.718. The molecule has 0 aliphatic carbocycles. The van der Waals surface area contributed by atoms with Crippen LogP contribution in [0.3, 0.4) is 0 Å². The highest BCUT2D eigenvalue weighted by atomic mass is 16.6. The first-order valence-corrected chi connectivity index (χ1v) is 5.78. The first-order valence-electron chi connectivity index (χ1n) is 5.78. The second-order valence-corrected chi connectivity index (χ2v) is 4.24. The summed E-state index contributed by atoms with van der Waals surface area (Å²) in [4.78, 5) is 25.2. The van der Waals surface area contributed by atoms with Gasteiger partial charge in [-0.25, -0.2) is 4.79 Å². The summed E-state index contributed by atoms with van der Waals surface area (Å²) in [5, 5.41) is 9.10. The first kappa shape index (κ1) is 13.0. The van der Waals surface area contributed by atoms with Gasteiger partial charge in [0.2, 0.25) is 0 Å². The average molecular weight is 256 g/mol. The molecule has 2 N–H and O–H groups in total. The molecule has 1 aromatic heterocycles. The van der Waals surface area contributed by atoms with Gasteiger partial charge >= 0.3 is 5.69 Å². The molecule has 1 aliphatic heterocycles. The van der Waals surface area contributed by atoms with E-state index in [2.05, 4.69) is 4.98 Å². The van der Waals surface area contributed by atoms with Crippen molar-refractivity contribution in [2.45, 2.75) is 25.7 Å². The van der Waals surface area contributed by atoms with E-state index in [1.807, 2.05) is 0 Å². The molecule has 0 amide bonds. The van der Waals surface area contributed by atoms with Gasteiger partial charge in [-0.15, -0.1) is 0 Å². The molecule has 100 valence electrons. The van der Waals surface area contributed by atoms with Gasteiger partial charge in [-0.05, 0) is 6.92 Å². The Balaban J connectivity index is 2.32. The summed E-state index contributed by atoms with van der Waals surface area (Å²) in [5.74, 6) is 0. The standard InChI is InChI=1S/C11H16N2O5/c1-7-4-13(11(16)12-10(7)15)9-2-3-17-6-8(5-14)18-9/h4,8-9,14H,2-3,5-6H2,1H3,(H,12,15,16)/t8-,9+/m1/s1. The number of aromatic amines is 1. The Morgan fingerprint density at radius 2 is 2.33 bits per heavy atom. The van der Waals surface area contributed by atoms with Gasteiger partial charge in [-0.2, -0.15) is 0 Å². The van der Waals surface area contributed by atoms with E-state index < -0.39 is 23.6 Å². The molecular formula is C11H16N2O5. The number of hydrogen-bond donors (Lipinski definition) is 2. The number of nitrogens with one attached hydrogen (secondary N) is 1. The number of aryl methyl sites for hydroxylation is 1. The minimum Gasteiger partial charge on any atom is -0.394 e. The molecule has 2 rings (SSSR count). The van der Waals surface area contributed by atoms with Crippen LogP contribution in [0.5, 0.6) is 0 Å². The van der Waals surface area contributed by atoms with E-state index in [0.717, 1.165) is 0 Å². The van der Waals surface area contributed by atoms with Gasteiger partial charge in [0.05, 0.1) is 19.8 Å². The largest absolute Gasteiger partial charge is 0.394 e. The summed E-state index contributed by atoms with van der Waals surface area (Å²) in [6, 6.07) is 0. The van der Waals surface area contributed by atoms with Crippen molar-refractivity contribution in [1.29, 1.82) is 0 Å². The maximum atomic E-state index is 11.7. The van der Waals surface area contributed by atoms with Crippen molar-refractivity contribution >= 4 is 0 Å². The van der Waals surface area contributed by atoms with Gasteiger partial charge in [-0.1, -0.05) is 0 Å². The van der Waals surface area contributed by atoms with Crippen molar-refractivity contribution in [3.05, 3.63) is 32.6 Å². The van der Waals surface area contributed by atoms with Gasteiger partial charge in [-0.3, -0.25) is 14.3 Å². The van der Waals surface area contributed by atoms with Crippen LogP contribution >= 0.6 is 0 Å². The molecule has 0 aromatic carbocycles. The SMILES string of the molecule is Cc1cn([C@@H]2CCOC[C@@H](CO)O2)c(=O)[nH]c1=O. The van der Waals surface area contributed by atoms with Crippen LogP contribution in [0.4, 0.5) is 0 Å². The van der Waals surface area contributed by atoms with Crippen LogP contribution in [-0.4, -0.2) is 40.6 Å². The average Bonchev–Trinajstić information content (AvgIpc) is 2.59. The Labute approximate surface area is 103 Å². The summed E-state index contributed by atoms with van der Waals surface area (Å²) >= 11 is 0. The van der Waals surface area contributed by atoms with E-state index in [-0.39, 0.29) is 6.61 Å². The molecule has 7 heteroatoms. The zero-order valence-electron chi connectivity index (χ0n) is 10.1. The molecule has 2 heterocycles. The lowest BCUT2D eigenvalue weighted by Crippen LogP contribution is -2.36. The fourth-order valence-electron chi connectivity index (χ4n) is 1.83. The van der Waals surface area contributed by atoms with Crippen molar-refractivity contribution in [1.82, 2.24) is 9.55 Å². The van der Waals surface area contributed by atoms with E-state index >= 15 is 0 Å². The summed E-state index contributed by atoms with van der Waals surface area (Å²) < 4.78 is 12.2. The van der Waals surface area contributed by atoms with Crippen LogP contribution in [0, 0.1) is 6.92 Å². The number of hydrogen-bond acceptors (Lipinski definition) is 5. The monoisotopic (exact) mass is 256 g/mol. The Morgan fingerprint density at radius 3 is 3.06 bits per heavy atom. The molecule has 2 atom stereocenters. The summed E-state index contributed by atoms with van der Waals surface area (Å²) in [7, 11) is 0. The van der Waals surface area contributed by atoms with Crippen LogP contribution in [0.25, 0.3) is 0 Å². The normalized spacial score (nSPS) is 24.8. The lowest BCUT2D eigenvalue weighted by molar-refractivity contribution is -0.0766. The smallest absolute Gasteiger partial charge is 0.330 e. The summed E-state index contributed by atoms with van der Waals surface area (Å²) in [6.07, 6.45) is 0.956. The Hall–Kier alpha value is -1.44. The predicted molar refractivity (Wildman–Crippen MR) is 62.5 cm³/mol. The number of aliphatic hydroxyl groups is 1. The Morgan fingerprint density at radius 1 is 1.56 bits per heavy atom. The molecule has 1 aromatic rings. The van der Waals surface area contributed by atoms with Crippen molar-refractivity contribution in [2.24, 2.45) is 0 Å². The molecule has 0 radical (unpaired) electrons. The highest BCUT2D eigenvalue weighted by Gasteiger charge is 2.22. The minimum absolute atomic E-state index is 0.173. The van der Waals surface area contributed by atoms with Crippen molar-refractivity contribution in [3.63, 3.8) is 0 Å². The number of nitrogens with zero attached hydrogens (tertiary/aromatic N) is 1. The fraction of sp³-hybridized carbons (Fsp3) is 0.636. The number of ether oxygens (including phenoxy) is 2. The first-order chi connectivity index (χ1) is 8.61. The van der Waals surface area contributed by atoms with E-state index in [0.29, 0.717) is 25.2 Å². The van der Waals surface area contributed by atoms with E-state index in [9.17, 15) is 9.59 Å². The fourth-order valence-corrected chi connectivity index (χ4v) is 1.83. The minimum atomic E-state index is -0.535. The van der Waals surface area contributed by atoms with Crippen LogP contribution in [0.2, 0.25) is 0 Å². The molecule has 18 heavy (non-hydrogen) atoms. The number of H-pyrrole nitrogens is 1. The van der Waals surface area contributed by atoms with Crippen molar-refractivity contribution < 1.29 is 14.6 Å². The summed E-state index contributed by atoms with van der Waals surface area (Å²) in [6.45, 7) is 2.18. The maximum Gasteiger partial charge on any atom is 0.330 e. The van der Waals surface area contributed by atoms with Crippen LogP contribution in [0.15, 0.2) is 15.8 Å². The van der Waals surface area contributed by atoms with Crippen LogP contribution in [0.1, 0.15) is 18.2 Å². The molecular weight excluding hydrogens is 240 g/mol. The van der Waals surface area contributed by atoms with Gasteiger partial charge in [0.1, 0.15) is 12.3 Å². The third-order valence-electron chi connectivity index (χ3n) is 2.82. The van der Waals surface area contributed by atoms with Crippen molar-refractivity contribution in [2.75, 3.05) is 19.8 Å². The van der Waals surface area contributed by atoms with E-state index in [1.165, 1.54) is 10.8 Å². The third-order valence-corrected chi connectivity index (χ3v) is 2.82. The summed E-state index contributed by atoms with van der Waals surface area (Å²) in [5.41, 5.74) is -0.488. The highest BCUT2D eigenvalue weighted by Crippen LogP contribution is 2.17. The van der Waals surface area contributed by atoms with Crippen molar-refractivity contribution in [3.8, 4) is 0 Å². The molecule has 7 nitrogen and oxygen atoms in total. The predicted octanol–water partition coefficient (Wildman–Crippen LogP) is -0.859. The van der Waals surface area contributed by atoms with Gasteiger partial charge in [0.15, 0.2) is 0 Å². The van der Waals surface area contributed by atoms with E-state index in [4.69, 9.17) is 14.6 Å². The molecule has 1 aliphatic rings. The van der Waals surface area contributed by atoms with E-state index in [1.54, 1.807) is 6.92 Å². The molecule has 0 bridgehead atoms. The van der Waals surface area contributed by atoms with Crippen LogP contribution in [-0.2, 0) is 9.47 Å². The number of rotatable bonds is 2. The third kappa shape index (κ3) is 2.69. The van der Waals surface area contributed by atoms with Gasteiger partial charge < -0.3 is 14.6 Å². The second-order valence-electron chi connectivity index (χ2n) is 4.24. The zero-order valence-corrected chi connectivity index (χ0v) is 10.1. The molecule has 1 saturated heterocycles. The lowest BCUT2D eigenvalue weighted by atomic mass is 10.3. The number of aliphatic hydroxyl groups excluding tert-OH is 1. The lowest BCUT2D eigenvalue weighted by Gasteiger charge is -2.21. The zero-order chi connectivity index (χ0) is 13.1. The van der Waals surface area contributed by atoms with Gasteiger partial charge in [0.25, 0.3) is 5.56 Å². The Bertz CT molecular complexity index is 521. The molecule has 0 unspecified atom stereocenters. The topological polar surface area (TPSA) is 93.6 Å². The maximum absolute atomic E-state index is 11.7. The molecule has 0 spiro atoms. The number of aromatic nitrogens is 2. The second kappa shape index (κ2) is 5.47. The van der Waals surface area contributed by atoms with Crippen LogP contribution < -0.4 is 11.2 Å². The molecule has 0 saturated carbocycles.